The van der Waals surface area contributed by atoms with Gasteiger partial charge in [0.1, 0.15) is 12.1 Å². The molecule has 1 rings (SSSR count). The molecule has 0 aliphatic rings. The Labute approximate surface area is 97.4 Å². The molecule has 0 fully saturated rings. The van der Waals surface area contributed by atoms with E-state index >= 15 is 0 Å². The van der Waals surface area contributed by atoms with Crippen molar-refractivity contribution >= 4 is 43.2 Å². The molecule has 0 aromatic heterocycles. The van der Waals surface area contributed by atoms with E-state index in [9.17, 15) is 0 Å². The van der Waals surface area contributed by atoms with Crippen LogP contribution in [0.4, 0.5) is 11.4 Å². The van der Waals surface area contributed by atoms with Gasteiger partial charge < -0.3 is 11.5 Å². The molecule has 70 valence electrons. The maximum atomic E-state index is 8.82. The number of anilines is 2. The number of benzene rings is 1. The van der Waals surface area contributed by atoms with E-state index in [1.807, 2.05) is 12.1 Å². The summed E-state index contributed by atoms with van der Waals surface area (Å²) >= 11 is 6.24. The van der Waals surface area contributed by atoms with E-state index in [-0.39, 0.29) is 22.5 Å². The van der Waals surface area contributed by atoms with Crippen LogP contribution in [0.1, 0.15) is 11.1 Å². The predicted molar refractivity (Wildman–Crippen MR) is 60.1 cm³/mol. The molecule has 0 spiro atoms. The van der Waals surface area contributed by atoms with Crippen molar-refractivity contribution in [3.05, 3.63) is 20.1 Å². The second-order valence-corrected chi connectivity index (χ2v) is 4.01. The van der Waals surface area contributed by atoms with Crippen molar-refractivity contribution in [3.63, 3.8) is 0 Å². The summed E-state index contributed by atoms with van der Waals surface area (Å²) in [6.45, 7) is 0. The Bertz CT molecular complexity index is 437. The van der Waals surface area contributed by atoms with Crippen LogP contribution in [0.3, 0.4) is 0 Å². The van der Waals surface area contributed by atoms with E-state index < -0.39 is 0 Å². The molecule has 4 N–H and O–H groups in total. The summed E-state index contributed by atoms with van der Waals surface area (Å²) in [5, 5.41) is 17.6. The molecule has 1 aromatic carbocycles. The van der Waals surface area contributed by atoms with Crippen LogP contribution < -0.4 is 11.5 Å². The quantitative estimate of drug-likeness (QED) is 0.716. The lowest BCUT2D eigenvalue weighted by Gasteiger charge is -2.09. The summed E-state index contributed by atoms with van der Waals surface area (Å²) in [7, 11) is 0. The molecule has 0 amide bonds. The summed E-state index contributed by atoms with van der Waals surface area (Å²) in [6, 6.07) is 3.78. The van der Waals surface area contributed by atoms with Crippen molar-refractivity contribution in [2.24, 2.45) is 0 Å². The summed E-state index contributed by atoms with van der Waals surface area (Å²) in [5.41, 5.74) is 12.1. The van der Waals surface area contributed by atoms with E-state index in [2.05, 4.69) is 31.9 Å². The Balaban J connectivity index is 3.79. The number of hydrogen-bond donors (Lipinski definition) is 2. The lowest BCUT2D eigenvalue weighted by molar-refractivity contribution is 1.40. The number of nitrogen functional groups attached to an aromatic ring is 2. The molecule has 6 heteroatoms. The highest BCUT2D eigenvalue weighted by molar-refractivity contribution is 9.11. The lowest BCUT2D eigenvalue weighted by Crippen LogP contribution is -2.01. The zero-order chi connectivity index (χ0) is 10.9. The Morgan fingerprint density at radius 3 is 1.36 bits per heavy atom. The van der Waals surface area contributed by atoms with Gasteiger partial charge in [0.2, 0.25) is 0 Å². The summed E-state index contributed by atoms with van der Waals surface area (Å²) in [6.07, 6.45) is 0. The molecule has 0 aliphatic carbocycles. The molecule has 0 saturated heterocycles. The standard InChI is InChI=1S/C8H4Br2N4/c9-5-3(1-11)4(2-12)6(10)8(14)7(5)13/h13-14H2. The van der Waals surface area contributed by atoms with Crippen LogP contribution in [0.15, 0.2) is 8.95 Å². The topological polar surface area (TPSA) is 99.6 Å². The molecule has 0 atom stereocenters. The van der Waals surface area contributed by atoms with Gasteiger partial charge in [0, 0.05) is 0 Å². The van der Waals surface area contributed by atoms with Crippen molar-refractivity contribution in [1.82, 2.24) is 0 Å². The third-order valence-electron chi connectivity index (χ3n) is 1.68. The maximum absolute atomic E-state index is 8.82. The molecule has 0 radical (unpaired) electrons. The highest BCUT2D eigenvalue weighted by atomic mass is 79.9. The van der Waals surface area contributed by atoms with Gasteiger partial charge in [-0.2, -0.15) is 10.5 Å². The Hall–Kier alpha value is -1.24. The third-order valence-corrected chi connectivity index (χ3v) is 3.32. The molecule has 14 heavy (non-hydrogen) atoms. The second kappa shape index (κ2) is 3.87. The molecular formula is C8H4Br2N4. The first-order valence-corrected chi connectivity index (χ1v) is 4.99. The summed E-state index contributed by atoms with van der Waals surface area (Å²) in [5.74, 6) is 0. The fraction of sp³-hybridized carbons (Fsp3) is 0. The van der Waals surface area contributed by atoms with Crippen molar-refractivity contribution in [2.45, 2.75) is 0 Å². The van der Waals surface area contributed by atoms with Crippen LogP contribution in [0.5, 0.6) is 0 Å². The zero-order valence-corrected chi connectivity index (χ0v) is 9.98. The Morgan fingerprint density at radius 2 is 1.14 bits per heavy atom. The van der Waals surface area contributed by atoms with E-state index in [4.69, 9.17) is 22.0 Å². The summed E-state index contributed by atoms with van der Waals surface area (Å²) in [4.78, 5) is 0. The molecule has 4 nitrogen and oxygen atoms in total. The van der Waals surface area contributed by atoms with Crippen LogP contribution in [-0.4, -0.2) is 0 Å². The largest absolute Gasteiger partial charge is 0.396 e. The second-order valence-electron chi connectivity index (χ2n) is 2.43. The SMILES string of the molecule is N#Cc1c(Br)c(N)c(N)c(Br)c1C#N. The maximum Gasteiger partial charge on any atom is 0.102 e. The molecule has 0 aliphatic heterocycles. The minimum Gasteiger partial charge on any atom is -0.396 e. The molecule has 0 heterocycles. The minimum absolute atomic E-state index is 0.186. The average molecular weight is 316 g/mol. The van der Waals surface area contributed by atoms with Crippen molar-refractivity contribution < 1.29 is 0 Å². The zero-order valence-electron chi connectivity index (χ0n) is 6.81. The van der Waals surface area contributed by atoms with E-state index in [0.717, 1.165) is 0 Å². The van der Waals surface area contributed by atoms with E-state index in [1.165, 1.54) is 0 Å². The fourth-order valence-electron chi connectivity index (χ4n) is 0.935. The number of nitrogens with two attached hydrogens (primary N) is 2. The van der Waals surface area contributed by atoms with Crippen molar-refractivity contribution in [2.75, 3.05) is 11.5 Å². The third kappa shape index (κ3) is 1.43. The van der Waals surface area contributed by atoms with Gasteiger partial charge in [-0.3, -0.25) is 0 Å². The first-order chi connectivity index (χ1) is 6.54. The lowest BCUT2D eigenvalue weighted by atomic mass is 10.1. The van der Waals surface area contributed by atoms with E-state index in [1.54, 1.807) is 0 Å². The first kappa shape index (κ1) is 10.8. The van der Waals surface area contributed by atoms with Crippen LogP contribution >= 0.6 is 31.9 Å². The van der Waals surface area contributed by atoms with Gasteiger partial charge in [-0.05, 0) is 31.9 Å². The van der Waals surface area contributed by atoms with Crippen molar-refractivity contribution in [3.8, 4) is 12.1 Å². The van der Waals surface area contributed by atoms with Crippen LogP contribution in [-0.2, 0) is 0 Å². The molecule has 0 unspecified atom stereocenters. The monoisotopic (exact) mass is 314 g/mol. The van der Waals surface area contributed by atoms with Gasteiger partial charge in [0.05, 0.1) is 31.4 Å². The Kier molecular flexibility index (Phi) is 3.00. The highest BCUT2D eigenvalue weighted by Gasteiger charge is 2.17. The van der Waals surface area contributed by atoms with Gasteiger partial charge in [-0.15, -0.1) is 0 Å². The van der Waals surface area contributed by atoms with Gasteiger partial charge in [-0.25, -0.2) is 0 Å². The fourth-order valence-corrected chi connectivity index (χ4v) is 1.94. The number of nitrogens with zero attached hydrogens (tertiary/aromatic N) is 2. The van der Waals surface area contributed by atoms with Gasteiger partial charge >= 0.3 is 0 Å². The van der Waals surface area contributed by atoms with Gasteiger partial charge in [-0.1, -0.05) is 0 Å². The van der Waals surface area contributed by atoms with Crippen LogP contribution in [0.25, 0.3) is 0 Å². The molecular weight excluding hydrogens is 312 g/mol. The first-order valence-electron chi connectivity index (χ1n) is 3.40. The number of rotatable bonds is 0. The molecule has 0 bridgehead atoms. The molecule has 0 saturated carbocycles. The van der Waals surface area contributed by atoms with Crippen LogP contribution in [0.2, 0.25) is 0 Å². The summed E-state index contributed by atoms with van der Waals surface area (Å²) < 4.78 is 0.717. The van der Waals surface area contributed by atoms with Crippen LogP contribution in [0, 0.1) is 22.7 Å². The van der Waals surface area contributed by atoms with Gasteiger partial charge in [0.25, 0.3) is 0 Å². The smallest absolute Gasteiger partial charge is 0.102 e. The normalized spacial score (nSPS) is 9.14. The van der Waals surface area contributed by atoms with E-state index in [0.29, 0.717) is 8.95 Å². The minimum atomic E-state index is 0.186. The number of halogens is 2. The Morgan fingerprint density at radius 1 is 0.857 bits per heavy atom. The average Bonchev–Trinajstić information content (AvgIpc) is 2.20. The molecule has 1 aromatic rings. The highest BCUT2D eigenvalue weighted by Crippen LogP contribution is 2.38. The number of nitriles is 2. The number of hydrogen-bond acceptors (Lipinski definition) is 4. The van der Waals surface area contributed by atoms with Crippen molar-refractivity contribution in [1.29, 1.82) is 10.5 Å². The van der Waals surface area contributed by atoms with Gasteiger partial charge in [0.15, 0.2) is 0 Å². The predicted octanol–water partition coefficient (Wildman–Crippen LogP) is 2.12.